The van der Waals surface area contributed by atoms with Gasteiger partial charge in [0, 0.05) is 24.6 Å². The average molecular weight is 321 g/mol. The highest BCUT2D eigenvalue weighted by molar-refractivity contribution is 6.30. The summed E-state index contributed by atoms with van der Waals surface area (Å²) in [6, 6.07) is 7.31. The molecule has 0 aliphatic carbocycles. The van der Waals surface area contributed by atoms with Crippen molar-refractivity contribution in [3.05, 3.63) is 50.9 Å². The largest absolute Gasteiger partial charge is 0.376 e. The zero-order valence-electron chi connectivity index (χ0n) is 12.0. The Labute approximate surface area is 132 Å². The molecule has 0 radical (unpaired) electrons. The first-order valence-electron chi connectivity index (χ1n) is 7.26. The van der Waals surface area contributed by atoms with Gasteiger partial charge in [-0.3, -0.25) is 9.78 Å². The van der Waals surface area contributed by atoms with Gasteiger partial charge in [0.1, 0.15) is 5.69 Å². The molecular weight excluding hydrogens is 304 g/mol. The van der Waals surface area contributed by atoms with E-state index >= 15 is 0 Å². The van der Waals surface area contributed by atoms with Gasteiger partial charge >= 0.3 is 0 Å². The van der Waals surface area contributed by atoms with E-state index in [0.717, 1.165) is 25.0 Å². The van der Waals surface area contributed by atoms with Crippen molar-refractivity contribution in [3.8, 4) is 0 Å². The minimum absolute atomic E-state index is 0.180. The molecule has 2 aromatic rings. The van der Waals surface area contributed by atoms with E-state index in [2.05, 4.69) is 20.5 Å². The zero-order chi connectivity index (χ0) is 15.4. The third kappa shape index (κ3) is 3.84. The number of aromatic nitrogens is 3. The highest BCUT2D eigenvalue weighted by Crippen LogP contribution is 2.12. The Morgan fingerprint density at radius 3 is 2.82 bits per heavy atom. The predicted molar refractivity (Wildman–Crippen MR) is 84.4 cm³/mol. The number of nitrogens with one attached hydrogen (secondary N) is 2. The second kappa shape index (κ2) is 6.89. The van der Waals surface area contributed by atoms with Crippen LogP contribution in [0.2, 0.25) is 5.02 Å². The molecule has 7 heteroatoms. The van der Waals surface area contributed by atoms with Crippen LogP contribution >= 0.6 is 11.6 Å². The van der Waals surface area contributed by atoms with Gasteiger partial charge in [-0.2, -0.15) is 0 Å². The molecule has 116 valence electrons. The van der Waals surface area contributed by atoms with Gasteiger partial charge in [0.05, 0.1) is 6.10 Å². The van der Waals surface area contributed by atoms with Gasteiger partial charge in [-0.05, 0) is 30.5 Å². The number of rotatable bonds is 5. The Bertz CT molecular complexity index is 681. The van der Waals surface area contributed by atoms with Gasteiger partial charge in [0.2, 0.25) is 5.95 Å². The highest BCUT2D eigenvalue weighted by atomic mass is 35.5. The predicted octanol–water partition coefficient (Wildman–Crippen LogP) is 2.00. The second-order valence-corrected chi connectivity index (χ2v) is 5.71. The molecule has 1 aromatic carbocycles. The lowest BCUT2D eigenvalue weighted by Gasteiger charge is -2.10. The maximum Gasteiger partial charge on any atom is 0.274 e. The van der Waals surface area contributed by atoms with Crippen molar-refractivity contribution in [3.63, 3.8) is 0 Å². The molecular formula is C15H17ClN4O2. The topological polar surface area (TPSA) is 79.9 Å². The summed E-state index contributed by atoms with van der Waals surface area (Å²) in [7, 11) is 0. The number of halogens is 1. The summed E-state index contributed by atoms with van der Waals surface area (Å²) in [5.41, 5.74) is 1.11. The molecule has 0 amide bonds. The molecule has 3 rings (SSSR count). The number of benzene rings is 1. The molecule has 6 nitrogen and oxygen atoms in total. The van der Waals surface area contributed by atoms with E-state index in [1.807, 2.05) is 12.1 Å². The maximum absolute atomic E-state index is 12.1. The minimum Gasteiger partial charge on any atom is -0.376 e. The lowest BCUT2D eigenvalue weighted by molar-refractivity contribution is 0.120. The third-order valence-electron chi connectivity index (χ3n) is 3.57. The van der Waals surface area contributed by atoms with E-state index < -0.39 is 0 Å². The van der Waals surface area contributed by atoms with Crippen molar-refractivity contribution in [2.45, 2.75) is 25.4 Å². The van der Waals surface area contributed by atoms with Gasteiger partial charge in [0.25, 0.3) is 5.56 Å². The van der Waals surface area contributed by atoms with E-state index in [9.17, 15) is 4.79 Å². The number of hydrogen-bond acceptors (Lipinski definition) is 5. The molecule has 2 N–H and O–H groups in total. The van der Waals surface area contributed by atoms with Crippen molar-refractivity contribution >= 4 is 17.5 Å². The number of aromatic amines is 1. The summed E-state index contributed by atoms with van der Waals surface area (Å²) in [4.78, 5) is 14.8. The molecule has 0 bridgehead atoms. The Balaban J connectivity index is 1.63. The SMILES string of the molecule is O=c1[nH]c(NC[C@H]2CCCO2)nnc1Cc1ccc(Cl)cc1. The van der Waals surface area contributed by atoms with Gasteiger partial charge in [-0.25, -0.2) is 0 Å². The van der Waals surface area contributed by atoms with Crippen LogP contribution in [-0.4, -0.2) is 34.4 Å². The molecule has 0 saturated carbocycles. The van der Waals surface area contributed by atoms with Crippen LogP contribution in [0.1, 0.15) is 24.1 Å². The summed E-state index contributed by atoms with van der Waals surface area (Å²) < 4.78 is 5.50. The van der Waals surface area contributed by atoms with Crippen molar-refractivity contribution in [2.24, 2.45) is 0 Å². The molecule has 1 saturated heterocycles. The number of nitrogens with zero attached hydrogens (tertiary/aromatic N) is 2. The molecule has 1 fully saturated rings. The van der Waals surface area contributed by atoms with Crippen LogP contribution in [0.5, 0.6) is 0 Å². The average Bonchev–Trinajstić information content (AvgIpc) is 3.03. The summed E-state index contributed by atoms with van der Waals surface area (Å²) in [6.07, 6.45) is 2.71. The standard InChI is InChI=1S/C15H17ClN4O2/c16-11-5-3-10(4-6-11)8-13-14(21)18-15(20-19-13)17-9-12-2-1-7-22-12/h3-6,12H,1-2,7-9H2,(H2,17,18,20,21)/t12-/m1/s1. The molecule has 0 spiro atoms. The summed E-state index contributed by atoms with van der Waals surface area (Å²) >= 11 is 5.84. The van der Waals surface area contributed by atoms with Crippen LogP contribution in [0, 0.1) is 0 Å². The first-order chi connectivity index (χ1) is 10.7. The van der Waals surface area contributed by atoms with Gasteiger partial charge in [-0.1, -0.05) is 23.7 Å². The Kier molecular flexibility index (Phi) is 4.70. The first kappa shape index (κ1) is 15.0. The summed E-state index contributed by atoms with van der Waals surface area (Å²) in [6.45, 7) is 1.43. The van der Waals surface area contributed by atoms with Crippen LogP contribution in [0.25, 0.3) is 0 Å². The Morgan fingerprint density at radius 2 is 2.14 bits per heavy atom. The number of hydrogen-bond donors (Lipinski definition) is 2. The highest BCUT2D eigenvalue weighted by Gasteiger charge is 2.15. The van der Waals surface area contributed by atoms with Crippen LogP contribution < -0.4 is 10.9 Å². The third-order valence-corrected chi connectivity index (χ3v) is 3.82. The van der Waals surface area contributed by atoms with Crippen molar-refractivity contribution < 1.29 is 4.74 Å². The van der Waals surface area contributed by atoms with Gasteiger partial charge in [0.15, 0.2) is 0 Å². The molecule has 22 heavy (non-hydrogen) atoms. The fraction of sp³-hybridized carbons (Fsp3) is 0.400. The van der Waals surface area contributed by atoms with Crippen LogP contribution in [-0.2, 0) is 11.2 Å². The smallest absolute Gasteiger partial charge is 0.274 e. The number of H-pyrrole nitrogens is 1. The normalized spacial score (nSPS) is 17.6. The fourth-order valence-corrected chi connectivity index (χ4v) is 2.49. The summed E-state index contributed by atoms with van der Waals surface area (Å²) in [5.74, 6) is 0.375. The molecule has 1 aliphatic heterocycles. The van der Waals surface area contributed by atoms with E-state index in [4.69, 9.17) is 16.3 Å². The molecule has 2 heterocycles. The lowest BCUT2D eigenvalue weighted by atomic mass is 10.1. The second-order valence-electron chi connectivity index (χ2n) is 5.27. The Morgan fingerprint density at radius 1 is 1.32 bits per heavy atom. The van der Waals surface area contributed by atoms with E-state index in [1.54, 1.807) is 12.1 Å². The van der Waals surface area contributed by atoms with Crippen molar-refractivity contribution in [1.82, 2.24) is 15.2 Å². The quantitative estimate of drug-likeness (QED) is 0.881. The van der Waals surface area contributed by atoms with Gasteiger partial charge in [-0.15, -0.1) is 10.2 Å². The molecule has 1 aliphatic rings. The first-order valence-corrected chi connectivity index (χ1v) is 7.64. The van der Waals surface area contributed by atoms with Crippen LogP contribution in [0.3, 0.4) is 0 Å². The van der Waals surface area contributed by atoms with Gasteiger partial charge < -0.3 is 10.1 Å². The Hall–Kier alpha value is -1.92. The molecule has 1 aromatic heterocycles. The minimum atomic E-state index is -0.236. The van der Waals surface area contributed by atoms with Crippen LogP contribution in [0.4, 0.5) is 5.95 Å². The lowest BCUT2D eigenvalue weighted by Crippen LogP contribution is -2.24. The fourth-order valence-electron chi connectivity index (χ4n) is 2.37. The van der Waals surface area contributed by atoms with E-state index in [1.165, 1.54) is 0 Å². The van der Waals surface area contributed by atoms with E-state index in [0.29, 0.717) is 29.6 Å². The van der Waals surface area contributed by atoms with Crippen LogP contribution in [0.15, 0.2) is 29.1 Å². The number of ether oxygens (including phenoxy) is 1. The van der Waals surface area contributed by atoms with Crippen molar-refractivity contribution in [1.29, 1.82) is 0 Å². The molecule has 0 unspecified atom stereocenters. The monoisotopic (exact) mass is 320 g/mol. The number of anilines is 1. The van der Waals surface area contributed by atoms with E-state index in [-0.39, 0.29) is 11.7 Å². The zero-order valence-corrected chi connectivity index (χ0v) is 12.8. The molecule has 1 atom stereocenters. The summed E-state index contributed by atoms with van der Waals surface area (Å²) in [5, 5.41) is 11.7. The van der Waals surface area contributed by atoms with Crippen molar-refractivity contribution in [2.75, 3.05) is 18.5 Å². The maximum atomic E-state index is 12.1.